The van der Waals surface area contributed by atoms with Gasteiger partial charge in [-0.15, -0.1) is 0 Å². The summed E-state index contributed by atoms with van der Waals surface area (Å²) in [6.07, 6.45) is 3.17. The van der Waals surface area contributed by atoms with E-state index in [9.17, 15) is 10.2 Å². The molecule has 1 aromatic rings. The van der Waals surface area contributed by atoms with Crippen LogP contribution in [0.4, 0.5) is 0 Å². The number of rotatable bonds is 10. The second-order valence-electron chi connectivity index (χ2n) is 6.82. The lowest BCUT2D eigenvalue weighted by atomic mass is 9.96. The van der Waals surface area contributed by atoms with Crippen LogP contribution in [0.3, 0.4) is 0 Å². The maximum absolute atomic E-state index is 9.53. The predicted molar refractivity (Wildman–Crippen MR) is 93.2 cm³/mol. The molecule has 0 radical (unpaired) electrons. The van der Waals surface area contributed by atoms with Crippen LogP contribution in [0.15, 0.2) is 18.2 Å². The Balaban J connectivity index is 3.00. The lowest BCUT2D eigenvalue weighted by Crippen LogP contribution is -2.36. The summed E-state index contributed by atoms with van der Waals surface area (Å²) in [6.45, 7) is 10.1. The van der Waals surface area contributed by atoms with E-state index >= 15 is 0 Å². The van der Waals surface area contributed by atoms with Crippen molar-refractivity contribution in [2.75, 3.05) is 13.2 Å². The molecule has 4 nitrogen and oxygen atoms in total. The Morgan fingerprint density at radius 1 is 0.913 bits per heavy atom. The molecule has 0 aliphatic rings. The summed E-state index contributed by atoms with van der Waals surface area (Å²) < 4.78 is 12.2. The first-order valence-corrected chi connectivity index (χ1v) is 8.51. The molecule has 0 aromatic heterocycles. The molecule has 0 heterocycles. The van der Waals surface area contributed by atoms with E-state index in [2.05, 4.69) is 6.92 Å². The highest BCUT2D eigenvalue weighted by molar-refractivity contribution is 5.38. The zero-order chi connectivity index (χ0) is 17.5. The first kappa shape index (κ1) is 19.8. The minimum atomic E-state index is -0.594. The molecule has 1 rings (SSSR count). The Morgan fingerprint density at radius 2 is 1.48 bits per heavy atom. The Bertz CT molecular complexity index is 474. The fourth-order valence-corrected chi connectivity index (χ4v) is 2.61. The quantitative estimate of drug-likeness (QED) is 0.686. The van der Waals surface area contributed by atoms with Gasteiger partial charge in [-0.05, 0) is 51.3 Å². The molecule has 0 bridgehead atoms. The third-order valence-electron chi connectivity index (χ3n) is 4.25. The van der Waals surface area contributed by atoms with Crippen LogP contribution in [-0.4, -0.2) is 34.6 Å². The molecule has 132 valence electrons. The highest BCUT2D eigenvalue weighted by atomic mass is 16.5. The lowest BCUT2D eigenvalue weighted by molar-refractivity contribution is 0.0206. The number of hydrogen-bond acceptors (Lipinski definition) is 4. The van der Waals surface area contributed by atoms with Crippen molar-refractivity contribution in [1.29, 1.82) is 0 Å². The van der Waals surface area contributed by atoms with Gasteiger partial charge in [0.05, 0.1) is 6.61 Å². The maximum atomic E-state index is 9.53. The van der Waals surface area contributed by atoms with Crippen LogP contribution in [0.5, 0.6) is 11.5 Å². The molecule has 23 heavy (non-hydrogen) atoms. The van der Waals surface area contributed by atoms with E-state index in [4.69, 9.17) is 9.47 Å². The monoisotopic (exact) mass is 324 g/mol. The van der Waals surface area contributed by atoms with Crippen LogP contribution >= 0.6 is 0 Å². The van der Waals surface area contributed by atoms with Gasteiger partial charge in [0, 0.05) is 19.1 Å². The van der Waals surface area contributed by atoms with Crippen LogP contribution in [-0.2, 0) is 0 Å². The van der Waals surface area contributed by atoms with Crippen molar-refractivity contribution in [2.45, 2.75) is 71.5 Å². The van der Waals surface area contributed by atoms with E-state index in [1.54, 1.807) is 0 Å². The fraction of sp³-hybridized carbons (Fsp3) is 0.684. The molecule has 0 amide bonds. The van der Waals surface area contributed by atoms with Crippen molar-refractivity contribution in [3.8, 4) is 11.5 Å². The normalized spacial score (nSPS) is 16.5. The Hall–Kier alpha value is -1.26. The number of aryl methyl sites for hydroxylation is 1. The van der Waals surface area contributed by atoms with Gasteiger partial charge in [0.2, 0.25) is 0 Å². The summed E-state index contributed by atoms with van der Waals surface area (Å²) in [7, 11) is 0. The number of aliphatic hydroxyl groups excluding tert-OH is 2. The molecule has 2 unspecified atom stereocenters. The van der Waals surface area contributed by atoms with Crippen molar-refractivity contribution >= 4 is 0 Å². The molecule has 2 N–H and O–H groups in total. The highest BCUT2D eigenvalue weighted by Crippen LogP contribution is 2.31. The molecule has 0 aliphatic heterocycles. The van der Waals surface area contributed by atoms with Gasteiger partial charge in [0.15, 0.2) is 0 Å². The van der Waals surface area contributed by atoms with Crippen LogP contribution < -0.4 is 9.47 Å². The van der Waals surface area contributed by atoms with Crippen LogP contribution in [0.1, 0.15) is 58.9 Å². The summed E-state index contributed by atoms with van der Waals surface area (Å²) in [5, 5.41) is 18.8. The van der Waals surface area contributed by atoms with Gasteiger partial charge in [-0.3, -0.25) is 0 Å². The van der Waals surface area contributed by atoms with Gasteiger partial charge in [-0.2, -0.15) is 0 Å². The molecule has 1 aromatic carbocycles. The smallest absolute Gasteiger partial charge is 0.129 e. The molecular weight excluding hydrogens is 292 g/mol. The zero-order valence-electron chi connectivity index (χ0n) is 15.2. The van der Waals surface area contributed by atoms with E-state index in [-0.39, 0.29) is 18.8 Å². The first-order chi connectivity index (χ1) is 10.8. The van der Waals surface area contributed by atoms with Crippen LogP contribution in [0.25, 0.3) is 0 Å². The third-order valence-corrected chi connectivity index (χ3v) is 4.25. The van der Waals surface area contributed by atoms with Crippen LogP contribution in [0, 0.1) is 6.92 Å². The van der Waals surface area contributed by atoms with Gasteiger partial charge in [0.1, 0.15) is 22.7 Å². The van der Waals surface area contributed by atoms with Crippen molar-refractivity contribution in [3.05, 3.63) is 23.8 Å². The summed E-state index contributed by atoms with van der Waals surface area (Å²) in [4.78, 5) is 0. The van der Waals surface area contributed by atoms with Crippen molar-refractivity contribution in [3.63, 3.8) is 0 Å². The van der Waals surface area contributed by atoms with Gasteiger partial charge in [-0.25, -0.2) is 0 Å². The minimum Gasteiger partial charge on any atom is -0.487 e. The maximum Gasteiger partial charge on any atom is 0.129 e. The van der Waals surface area contributed by atoms with Gasteiger partial charge >= 0.3 is 0 Å². The first-order valence-electron chi connectivity index (χ1n) is 8.51. The standard InChI is InChI=1S/C19H32O4/c1-6-8-19(5,9-10-20)23-17-12-15(3)11-16(13-17)22-18(4,7-2)14-21/h11-13,20-21H,6-10,14H2,1-5H3. The van der Waals surface area contributed by atoms with E-state index in [0.717, 1.165) is 24.2 Å². The van der Waals surface area contributed by atoms with E-state index in [1.807, 2.05) is 45.9 Å². The molecule has 0 fully saturated rings. The predicted octanol–water partition coefficient (Wildman–Crippen LogP) is 3.85. The van der Waals surface area contributed by atoms with Crippen LogP contribution in [0.2, 0.25) is 0 Å². The number of hydrogen-bond donors (Lipinski definition) is 2. The highest BCUT2D eigenvalue weighted by Gasteiger charge is 2.26. The zero-order valence-corrected chi connectivity index (χ0v) is 15.2. The van der Waals surface area contributed by atoms with E-state index in [0.29, 0.717) is 18.6 Å². The van der Waals surface area contributed by atoms with Crippen molar-refractivity contribution in [1.82, 2.24) is 0 Å². The molecule has 0 saturated heterocycles. The second kappa shape index (κ2) is 8.55. The van der Waals surface area contributed by atoms with E-state index < -0.39 is 5.60 Å². The van der Waals surface area contributed by atoms with Crippen molar-refractivity contribution in [2.24, 2.45) is 0 Å². The van der Waals surface area contributed by atoms with Gasteiger partial charge < -0.3 is 19.7 Å². The molecule has 0 saturated carbocycles. The Labute approximate surface area is 140 Å². The third kappa shape index (κ3) is 6.04. The van der Waals surface area contributed by atoms with Gasteiger partial charge in [0.25, 0.3) is 0 Å². The lowest BCUT2D eigenvalue weighted by Gasteiger charge is -2.31. The fourth-order valence-electron chi connectivity index (χ4n) is 2.61. The second-order valence-corrected chi connectivity index (χ2v) is 6.82. The SMILES string of the molecule is CCCC(C)(CCO)Oc1cc(C)cc(OC(C)(CC)CO)c1. The average Bonchev–Trinajstić information content (AvgIpc) is 2.46. The summed E-state index contributed by atoms with van der Waals surface area (Å²) >= 11 is 0. The molecule has 0 aliphatic carbocycles. The van der Waals surface area contributed by atoms with E-state index in [1.165, 1.54) is 0 Å². The average molecular weight is 324 g/mol. The topological polar surface area (TPSA) is 58.9 Å². The molecule has 0 spiro atoms. The number of benzene rings is 1. The Morgan fingerprint density at radius 3 is 1.91 bits per heavy atom. The molecule has 4 heteroatoms. The summed E-state index contributed by atoms with van der Waals surface area (Å²) in [6, 6.07) is 5.78. The molecular formula is C19H32O4. The minimum absolute atomic E-state index is 0.0360. The summed E-state index contributed by atoms with van der Waals surface area (Å²) in [5.74, 6) is 1.43. The number of aliphatic hydroxyl groups is 2. The van der Waals surface area contributed by atoms with Crippen molar-refractivity contribution < 1.29 is 19.7 Å². The summed E-state index contributed by atoms with van der Waals surface area (Å²) in [5.41, 5.74) is 0.0550. The molecule has 2 atom stereocenters. The number of ether oxygens (including phenoxy) is 2. The van der Waals surface area contributed by atoms with Gasteiger partial charge in [-0.1, -0.05) is 20.3 Å². The largest absolute Gasteiger partial charge is 0.487 e. The Kier molecular flexibility index (Phi) is 7.36.